The van der Waals surface area contributed by atoms with Gasteiger partial charge in [-0.05, 0) is 29.7 Å². The third kappa shape index (κ3) is 3.37. The molecule has 2 heterocycles. The molecule has 4 nitrogen and oxygen atoms in total. The summed E-state index contributed by atoms with van der Waals surface area (Å²) in [5, 5.41) is 9.78. The minimum absolute atomic E-state index is 0.0901. The van der Waals surface area contributed by atoms with Gasteiger partial charge in [0.15, 0.2) is 5.65 Å². The van der Waals surface area contributed by atoms with Gasteiger partial charge in [-0.25, -0.2) is 4.98 Å². The molecule has 0 atom stereocenters. The Labute approximate surface area is 169 Å². The molecule has 4 aromatic rings. The summed E-state index contributed by atoms with van der Waals surface area (Å²) in [6, 6.07) is 18.6. The molecule has 0 unspecified atom stereocenters. The van der Waals surface area contributed by atoms with Crippen molar-refractivity contribution in [3.63, 3.8) is 0 Å². The lowest BCUT2D eigenvalue weighted by Gasteiger charge is -2.18. The van der Waals surface area contributed by atoms with Crippen LogP contribution in [-0.4, -0.2) is 34.7 Å². The molecule has 0 amide bonds. The second-order valence-corrected chi connectivity index (χ2v) is 7.30. The van der Waals surface area contributed by atoms with Crippen LogP contribution in [0.25, 0.3) is 28.0 Å². The van der Waals surface area contributed by atoms with Crippen molar-refractivity contribution < 1.29 is 5.11 Å². The average molecular weight is 392 g/mol. The first kappa shape index (κ1) is 18.5. The van der Waals surface area contributed by atoms with Gasteiger partial charge in [-0.15, -0.1) is 0 Å². The quantitative estimate of drug-likeness (QED) is 0.517. The van der Waals surface area contributed by atoms with E-state index in [-0.39, 0.29) is 6.61 Å². The summed E-state index contributed by atoms with van der Waals surface area (Å²) in [6.45, 7) is 2.76. The number of fused-ring (bicyclic) bond motifs is 1. The van der Waals surface area contributed by atoms with Crippen LogP contribution in [0.4, 0.5) is 5.69 Å². The maximum Gasteiger partial charge on any atom is 0.156 e. The van der Waals surface area contributed by atoms with Gasteiger partial charge in [-0.2, -0.15) is 0 Å². The Bertz CT molecular complexity index is 1120. The van der Waals surface area contributed by atoms with Crippen LogP contribution in [-0.2, 0) is 0 Å². The number of halogens is 1. The molecule has 0 aliphatic carbocycles. The number of imidazole rings is 1. The maximum atomic E-state index is 9.19. The molecule has 4 rings (SSSR count). The summed E-state index contributed by atoms with van der Waals surface area (Å²) in [4.78, 5) is 6.75. The number of rotatable bonds is 5. The Balaban J connectivity index is 1.81. The first-order chi connectivity index (χ1) is 13.6. The van der Waals surface area contributed by atoms with Gasteiger partial charge < -0.3 is 14.4 Å². The largest absolute Gasteiger partial charge is 0.395 e. The van der Waals surface area contributed by atoms with Gasteiger partial charge in [0.1, 0.15) is 0 Å². The van der Waals surface area contributed by atoms with E-state index < -0.39 is 0 Å². The molecule has 28 heavy (non-hydrogen) atoms. The van der Waals surface area contributed by atoms with E-state index >= 15 is 0 Å². The molecule has 0 fully saturated rings. The molecule has 0 spiro atoms. The molecule has 0 bridgehead atoms. The van der Waals surface area contributed by atoms with Crippen LogP contribution >= 0.6 is 11.6 Å². The van der Waals surface area contributed by atoms with Crippen LogP contribution in [0.1, 0.15) is 5.56 Å². The number of hydrogen-bond acceptors (Lipinski definition) is 3. The Morgan fingerprint density at radius 1 is 1.04 bits per heavy atom. The molecule has 5 heteroatoms. The van der Waals surface area contributed by atoms with Gasteiger partial charge in [0.25, 0.3) is 0 Å². The van der Waals surface area contributed by atoms with E-state index in [1.165, 1.54) is 16.7 Å². The van der Waals surface area contributed by atoms with Gasteiger partial charge in [0.05, 0.1) is 23.0 Å². The lowest BCUT2D eigenvalue weighted by Crippen LogP contribution is -2.21. The number of aliphatic hydroxyl groups is 1. The summed E-state index contributed by atoms with van der Waals surface area (Å²) in [5.41, 5.74) is 7.21. The highest BCUT2D eigenvalue weighted by Gasteiger charge is 2.14. The number of likely N-dealkylation sites (N-methyl/N-ethyl adjacent to an activating group) is 1. The average Bonchev–Trinajstić information content (AvgIpc) is 3.13. The van der Waals surface area contributed by atoms with Crippen molar-refractivity contribution in [2.24, 2.45) is 0 Å². The first-order valence-corrected chi connectivity index (χ1v) is 9.62. The van der Waals surface area contributed by atoms with E-state index in [0.717, 1.165) is 22.6 Å². The normalized spacial score (nSPS) is 11.1. The van der Waals surface area contributed by atoms with Crippen LogP contribution in [0, 0.1) is 6.92 Å². The number of pyridine rings is 1. The van der Waals surface area contributed by atoms with Crippen LogP contribution in [0.5, 0.6) is 0 Å². The topological polar surface area (TPSA) is 40.8 Å². The fourth-order valence-corrected chi connectivity index (χ4v) is 3.76. The van der Waals surface area contributed by atoms with Gasteiger partial charge in [-0.1, -0.05) is 60.1 Å². The van der Waals surface area contributed by atoms with Crippen molar-refractivity contribution in [3.05, 3.63) is 77.6 Å². The first-order valence-electron chi connectivity index (χ1n) is 9.24. The predicted octanol–water partition coefficient (Wildman–Crippen LogP) is 5.06. The number of anilines is 1. The third-order valence-corrected chi connectivity index (χ3v) is 5.34. The minimum Gasteiger partial charge on any atom is -0.395 e. The summed E-state index contributed by atoms with van der Waals surface area (Å²) in [5.74, 6) is 0. The minimum atomic E-state index is 0.0901. The highest BCUT2D eigenvalue weighted by Crippen LogP contribution is 2.33. The van der Waals surface area contributed by atoms with Crippen molar-refractivity contribution in [2.75, 3.05) is 25.1 Å². The molecule has 0 saturated heterocycles. The molecule has 0 radical (unpaired) electrons. The number of benzene rings is 2. The summed E-state index contributed by atoms with van der Waals surface area (Å²) < 4.78 is 1.95. The zero-order valence-corrected chi connectivity index (χ0v) is 16.7. The molecular formula is C23H22ClN3O. The Morgan fingerprint density at radius 2 is 1.79 bits per heavy atom. The molecule has 142 valence electrons. The second-order valence-electron chi connectivity index (χ2n) is 6.89. The van der Waals surface area contributed by atoms with Gasteiger partial charge in [0.2, 0.25) is 0 Å². The van der Waals surface area contributed by atoms with E-state index in [2.05, 4.69) is 49.4 Å². The molecule has 0 aliphatic rings. The summed E-state index contributed by atoms with van der Waals surface area (Å²) in [7, 11) is 1.93. The van der Waals surface area contributed by atoms with Crippen molar-refractivity contribution in [1.82, 2.24) is 9.38 Å². The Hall–Kier alpha value is -2.82. The predicted molar refractivity (Wildman–Crippen MR) is 116 cm³/mol. The monoisotopic (exact) mass is 391 g/mol. The second kappa shape index (κ2) is 7.66. The maximum absolute atomic E-state index is 9.19. The van der Waals surface area contributed by atoms with E-state index in [1.54, 1.807) is 0 Å². The summed E-state index contributed by atoms with van der Waals surface area (Å²) >= 11 is 6.50. The molecule has 1 N–H and O–H groups in total. The van der Waals surface area contributed by atoms with Crippen molar-refractivity contribution in [3.8, 4) is 22.4 Å². The lowest BCUT2D eigenvalue weighted by molar-refractivity contribution is 0.304. The number of hydrogen-bond donors (Lipinski definition) is 1. The van der Waals surface area contributed by atoms with E-state index in [1.807, 2.05) is 40.9 Å². The van der Waals surface area contributed by atoms with Crippen molar-refractivity contribution in [1.29, 1.82) is 0 Å². The van der Waals surface area contributed by atoms with Crippen molar-refractivity contribution >= 4 is 22.9 Å². The van der Waals surface area contributed by atoms with E-state index in [9.17, 15) is 5.11 Å². The fourth-order valence-electron chi connectivity index (χ4n) is 3.50. The van der Waals surface area contributed by atoms with Crippen LogP contribution < -0.4 is 4.90 Å². The van der Waals surface area contributed by atoms with Gasteiger partial charge in [0, 0.05) is 31.5 Å². The van der Waals surface area contributed by atoms with Crippen LogP contribution in [0.15, 0.2) is 67.0 Å². The van der Waals surface area contributed by atoms with Gasteiger partial charge >= 0.3 is 0 Å². The van der Waals surface area contributed by atoms with Gasteiger partial charge in [-0.3, -0.25) is 0 Å². The highest BCUT2D eigenvalue weighted by molar-refractivity contribution is 6.33. The number of nitrogens with zero attached hydrogens (tertiary/aromatic N) is 3. The molecule has 0 aliphatic heterocycles. The Kier molecular flexibility index (Phi) is 5.07. The molecule has 0 saturated carbocycles. The fraction of sp³-hybridized carbons (Fsp3) is 0.174. The standard InChI is InChI=1S/C23H22ClN3O/c1-16-19(17-7-4-3-5-8-17)9-6-10-20(16)22-15-27-14-18(26(2)11-12-28)13-21(24)23(27)25-22/h3-10,13-15,28H,11-12H2,1-2H3. The molecule has 2 aromatic carbocycles. The summed E-state index contributed by atoms with van der Waals surface area (Å²) in [6.07, 6.45) is 4.00. The number of aliphatic hydroxyl groups excluding tert-OH is 1. The Morgan fingerprint density at radius 3 is 2.54 bits per heavy atom. The van der Waals surface area contributed by atoms with E-state index in [0.29, 0.717) is 11.6 Å². The number of aromatic nitrogens is 2. The van der Waals surface area contributed by atoms with Crippen LogP contribution in [0.2, 0.25) is 5.02 Å². The highest BCUT2D eigenvalue weighted by atomic mass is 35.5. The van der Waals surface area contributed by atoms with Crippen molar-refractivity contribution in [2.45, 2.75) is 6.92 Å². The zero-order chi connectivity index (χ0) is 19.7. The zero-order valence-electron chi connectivity index (χ0n) is 15.9. The third-order valence-electron chi connectivity index (χ3n) is 5.06. The molecule has 2 aromatic heterocycles. The van der Waals surface area contributed by atoms with E-state index in [4.69, 9.17) is 16.6 Å². The SMILES string of the molecule is Cc1c(-c2ccccc2)cccc1-c1cn2cc(N(C)CCO)cc(Cl)c2n1. The van der Waals surface area contributed by atoms with Crippen LogP contribution in [0.3, 0.4) is 0 Å². The smallest absolute Gasteiger partial charge is 0.156 e. The lowest BCUT2D eigenvalue weighted by atomic mass is 9.95. The molecular weight excluding hydrogens is 370 g/mol.